The average Bonchev–Trinajstić information content (AvgIpc) is 2.64. The molecule has 0 atom stereocenters. The van der Waals surface area contributed by atoms with Crippen LogP contribution in [0.3, 0.4) is 0 Å². The Labute approximate surface area is 151 Å². The molecule has 1 N–H and O–H groups in total. The number of nitrogens with one attached hydrogen (secondary N) is 1. The van der Waals surface area contributed by atoms with Crippen LogP contribution >= 0.6 is 0 Å². The molecule has 1 heterocycles. The van der Waals surface area contributed by atoms with Crippen LogP contribution in [0.25, 0.3) is 10.8 Å². The van der Waals surface area contributed by atoms with Crippen LogP contribution in [0.2, 0.25) is 0 Å². The summed E-state index contributed by atoms with van der Waals surface area (Å²) in [4.78, 5) is 24.7. The van der Waals surface area contributed by atoms with Crippen molar-refractivity contribution in [2.24, 2.45) is 12.1 Å². The van der Waals surface area contributed by atoms with Gasteiger partial charge in [0.2, 0.25) is 0 Å². The van der Waals surface area contributed by atoms with Crippen molar-refractivity contribution in [1.29, 1.82) is 0 Å². The third kappa shape index (κ3) is 3.26. The van der Waals surface area contributed by atoms with Crippen LogP contribution in [-0.2, 0) is 7.05 Å². The SMILES string of the molecule is C/C(=N\NC(=O)c1nn(C)c(=O)c2ccccc12)c1ccc(C)c(C)c1. The highest BCUT2D eigenvalue weighted by molar-refractivity contribution is 6.06. The Hall–Kier alpha value is -3.28. The summed E-state index contributed by atoms with van der Waals surface area (Å²) in [6.45, 7) is 5.91. The highest BCUT2D eigenvalue weighted by Gasteiger charge is 2.15. The van der Waals surface area contributed by atoms with Crippen molar-refractivity contribution in [1.82, 2.24) is 15.2 Å². The van der Waals surface area contributed by atoms with Crippen LogP contribution < -0.4 is 11.0 Å². The fourth-order valence-electron chi connectivity index (χ4n) is 2.69. The van der Waals surface area contributed by atoms with Gasteiger partial charge in [0.05, 0.1) is 11.1 Å². The molecule has 0 radical (unpaired) electrons. The van der Waals surface area contributed by atoms with Crippen molar-refractivity contribution in [3.63, 3.8) is 0 Å². The monoisotopic (exact) mass is 348 g/mol. The number of carbonyl (C=O) groups excluding carboxylic acids is 1. The second-order valence-corrected chi connectivity index (χ2v) is 6.26. The summed E-state index contributed by atoms with van der Waals surface area (Å²) < 4.78 is 1.16. The summed E-state index contributed by atoms with van der Waals surface area (Å²) in [6.07, 6.45) is 0. The van der Waals surface area contributed by atoms with E-state index in [1.54, 1.807) is 24.3 Å². The fourth-order valence-corrected chi connectivity index (χ4v) is 2.69. The molecule has 0 saturated carbocycles. The highest BCUT2D eigenvalue weighted by atomic mass is 16.2. The van der Waals surface area contributed by atoms with E-state index >= 15 is 0 Å². The predicted octanol–water partition coefficient (Wildman–Crippen LogP) is 2.70. The van der Waals surface area contributed by atoms with Gasteiger partial charge in [-0.3, -0.25) is 9.59 Å². The Morgan fingerprint density at radius 2 is 1.77 bits per heavy atom. The first-order chi connectivity index (χ1) is 12.4. The van der Waals surface area contributed by atoms with Gasteiger partial charge in [-0.1, -0.05) is 30.3 Å². The van der Waals surface area contributed by atoms with E-state index < -0.39 is 5.91 Å². The first-order valence-electron chi connectivity index (χ1n) is 8.27. The molecule has 0 aliphatic carbocycles. The molecule has 132 valence electrons. The molecular weight excluding hydrogens is 328 g/mol. The maximum atomic E-state index is 12.6. The zero-order valence-corrected chi connectivity index (χ0v) is 15.2. The summed E-state index contributed by atoms with van der Waals surface area (Å²) >= 11 is 0. The van der Waals surface area contributed by atoms with Crippen molar-refractivity contribution in [3.05, 3.63) is 75.2 Å². The largest absolute Gasteiger partial charge is 0.292 e. The summed E-state index contributed by atoms with van der Waals surface area (Å²) in [6, 6.07) is 12.9. The van der Waals surface area contributed by atoms with Crippen LogP contribution in [0.1, 0.15) is 34.1 Å². The Bertz CT molecular complexity index is 1100. The predicted molar refractivity (Wildman–Crippen MR) is 103 cm³/mol. The number of nitrogens with zero attached hydrogens (tertiary/aromatic N) is 3. The standard InChI is InChI=1S/C20H20N4O2/c1-12-9-10-15(11-13(12)2)14(3)21-22-19(25)18-16-7-5-6-8-17(16)20(26)24(4)23-18/h5-11H,1-4H3,(H,22,25)/b21-14+. The molecule has 0 aliphatic rings. The summed E-state index contributed by atoms with van der Waals surface area (Å²) in [5.74, 6) is -0.458. The maximum absolute atomic E-state index is 12.6. The number of benzene rings is 2. The number of hydrazone groups is 1. The van der Waals surface area contributed by atoms with Crippen LogP contribution in [0.4, 0.5) is 0 Å². The van der Waals surface area contributed by atoms with Gasteiger partial charge in [-0.25, -0.2) is 10.1 Å². The second kappa shape index (κ2) is 6.92. The minimum atomic E-state index is -0.458. The molecule has 0 fully saturated rings. The Morgan fingerprint density at radius 1 is 1.08 bits per heavy atom. The van der Waals surface area contributed by atoms with Crippen molar-refractivity contribution in [2.75, 3.05) is 0 Å². The minimum Gasteiger partial charge on any atom is -0.267 e. The first-order valence-corrected chi connectivity index (χ1v) is 8.27. The van der Waals surface area contributed by atoms with Crippen molar-refractivity contribution in [2.45, 2.75) is 20.8 Å². The van der Waals surface area contributed by atoms with Crippen LogP contribution in [0.15, 0.2) is 52.4 Å². The molecule has 0 unspecified atom stereocenters. The Morgan fingerprint density at radius 3 is 2.46 bits per heavy atom. The van der Waals surface area contributed by atoms with E-state index in [9.17, 15) is 9.59 Å². The smallest absolute Gasteiger partial charge is 0.267 e. The quantitative estimate of drug-likeness (QED) is 0.584. The molecule has 6 heteroatoms. The van der Waals surface area contributed by atoms with Crippen molar-refractivity contribution in [3.8, 4) is 0 Å². The molecule has 0 aliphatic heterocycles. The zero-order chi connectivity index (χ0) is 18.8. The molecule has 2 aromatic carbocycles. The van der Waals surface area contributed by atoms with Crippen molar-refractivity contribution < 1.29 is 4.79 Å². The summed E-state index contributed by atoms with van der Waals surface area (Å²) in [5, 5.41) is 9.25. The molecular formula is C20H20N4O2. The number of hydrogen-bond donors (Lipinski definition) is 1. The zero-order valence-electron chi connectivity index (χ0n) is 15.2. The molecule has 3 rings (SSSR count). The third-order valence-corrected chi connectivity index (χ3v) is 4.42. The van der Waals surface area contributed by atoms with Crippen LogP contribution in [0, 0.1) is 13.8 Å². The number of fused-ring (bicyclic) bond motifs is 1. The van der Waals surface area contributed by atoms with E-state index in [2.05, 4.69) is 15.6 Å². The van der Waals surface area contributed by atoms with E-state index in [1.807, 2.05) is 39.0 Å². The number of carbonyl (C=O) groups is 1. The lowest BCUT2D eigenvalue weighted by Gasteiger charge is -2.08. The minimum absolute atomic E-state index is 0.166. The number of hydrogen-bond acceptors (Lipinski definition) is 4. The lowest BCUT2D eigenvalue weighted by atomic mass is 10.0. The molecule has 0 spiro atoms. The Kier molecular flexibility index (Phi) is 4.67. The summed E-state index contributed by atoms with van der Waals surface area (Å²) in [5.41, 5.74) is 6.45. The fraction of sp³-hybridized carbons (Fsp3) is 0.200. The van der Waals surface area contributed by atoms with Crippen LogP contribution in [-0.4, -0.2) is 21.4 Å². The van der Waals surface area contributed by atoms with Gasteiger partial charge < -0.3 is 0 Å². The molecule has 6 nitrogen and oxygen atoms in total. The van der Waals surface area contributed by atoms with Gasteiger partial charge in [-0.05, 0) is 49.6 Å². The lowest BCUT2D eigenvalue weighted by molar-refractivity contribution is 0.0949. The number of aryl methyl sites for hydroxylation is 3. The normalized spacial score (nSPS) is 11.6. The van der Waals surface area contributed by atoms with Gasteiger partial charge in [0, 0.05) is 12.4 Å². The first kappa shape index (κ1) is 17.5. The van der Waals surface area contributed by atoms with Gasteiger partial charge in [0.1, 0.15) is 0 Å². The van der Waals surface area contributed by atoms with Gasteiger partial charge in [-0.2, -0.15) is 10.2 Å². The maximum Gasteiger partial charge on any atom is 0.292 e. The van der Waals surface area contributed by atoms with E-state index in [1.165, 1.54) is 12.6 Å². The van der Waals surface area contributed by atoms with E-state index in [4.69, 9.17) is 0 Å². The van der Waals surface area contributed by atoms with Crippen LogP contribution in [0.5, 0.6) is 0 Å². The molecule has 1 aromatic heterocycles. The van der Waals surface area contributed by atoms with E-state index in [-0.39, 0.29) is 11.3 Å². The average molecular weight is 348 g/mol. The molecule has 0 saturated heterocycles. The van der Waals surface area contributed by atoms with Gasteiger partial charge in [0.25, 0.3) is 11.5 Å². The Balaban J connectivity index is 1.93. The van der Waals surface area contributed by atoms with Gasteiger partial charge in [-0.15, -0.1) is 0 Å². The number of amides is 1. The number of aromatic nitrogens is 2. The molecule has 26 heavy (non-hydrogen) atoms. The van der Waals surface area contributed by atoms with Crippen molar-refractivity contribution >= 4 is 22.4 Å². The van der Waals surface area contributed by atoms with Gasteiger partial charge >= 0.3 is 0 Å². The highest BCUT2D eigenvalue weighted by Crippen LogP contribution is 2.13. The van der Waals surface area contributed by atoms with Gasteiger partial charge in [0.15, 0.2) is 5.69 Å². The second-order valence-electron chi connectivity index (χ2n) is 6.26. The molecule has 0 bridgehead atoms. The molecule has 3 aromatic rings. The lowest BCUT2D eigenvalue weighted by Crippen LogP contribution is -2.27. The third-order valence-electron chi connectivity index (χ3n) is 4.42. The number of rotatable bonds is 3. The van der Waals surface area contributed by atoms with E-state index in [0.717, 1.165) is 15.8 Å². The topological polar surface area (TPSA) is 76.3 Å². The summed E-state index contributed by atoms with van der Waals surface area (Å²) in [7, 11) is 1.52. The van der Waals surface area contributed by atoms with E-state index in [0.29, 0.717) is 16.5 Å². The molecule has 1 amide bonds.